The van der Waals surface area contributed by atoms with E-state index in [9.17, 15) is 0 Å². The third kappa shape index (κ3) is 11.9. The second kappa shape index (κ2) is 23.6. The molecule has 0 unspecified atom stereocenters. The highest BCUT2D eigenvalue weighted by molar-refractivity contribution is 7.11. The number of rotatable bonds is 22. The largest absolute Gasteiger partial charge is 0.135 e. The lowest BCUT2D eigenvalue weighted by Gasteiger charge is -2.14. The van der Waals surface area contributed by atoms with Crippen molar-refractivity contribution in [3.05, 3.63) is 128 Å². The van der Waals surface area contributed by atoms with Gasteiger partial charge in [0.05, 0.1) is 9.75 Å². The van der Waals surface area contributed by atoms with E-state index in [0.717, 1.165) is 24.0 Å². The van der Waals surface area contributed by atoms with Gasteiger partial charge < -0.3 is 0 Å². The van der Waals surface area contributed by atoms with Crippen LogP contribution >= 0.6 is 22.7 Å². The number of aryl methyl sites for hydroxylation is 2. The van der Waals surface area contributed by atoms with Crippen molar-refractivity contribution in [2.24, 2.45) is 0 Å². The van der Waals surface area contributed by atoms with Gasteiger partial charge in [-0.2, -0.15) is 0 Å². The Morgan fingerprint density at radius 2 is 0.650 bits per heavy atom. The molecule has 0 aliphatic carbocycles. The molecule has 0 saturated heterocycles. The fourth-order valence-corrected chi connectivity index (χ4v) is 10.6. The van der Waals surface area contributed by atoms with Crippen molar-refractivity contribution < 1.29 is 0 Å². The van der Waals surface area contributed by atoms with Crippen molar-refractivity contribution in [3.8, 4) is 23.7 Å². The van der Waals surface area contributed by atoms with E-state index >= 15 is 0 Å². The standard InChI is InChI=1S/C58H66S2/c1-3-5-7-9-11-13-15-17-19-21-27-45-37-39-59-57(45)35-33-51-53-41-47-29-23-25-31-49(47)43-55(53)52(56-44-50-32-26-24-30-48(50)42-54(51)56)34-36-58-46(38-40-60-58)28-22-20-18-16-14-12-10-8-6-4-2/h23-26,29-32,37-44H,3-22,27-28H2,1-2H3. The molecule has 0 atom stereocenters. The monoisotopic (exact) mass is 826 g/mol. The molecule has 0 N–H and O–H groups in total. The predicted molar refractivity (Wildman–Crippen MR) is 268 cm³/mol. The van der Waals surface area contributed by atoms with E-state index in [0.29, 0.717) is 0 Å². The summed E-state index contributed by atoms with van der Waals surface area (Å²) in [4.78, 5) is 2.43. The Labute approximate surface area is 370 Å². The molecule has 0 amide bonds. The van der Waals surface area contributed by atoms with E-state index in [1.807, 2.05) is 0 Å². The minimum Gasteiger partial charge on any atom is -0.135 e. The van der Waals surface area contributed by atoms with E-state index < -0.39 is 0 Å². The van der Waals surface area contributed by atoms with Crippen molar-refractivity contribution in [1.82, 2.24) is 0 Å². The van der Waals surface area contributed by atoms with Gasteiger partial charge in [0, 0.05) is 11.1 Å². The minimum absolute atomic E-state index is 1.11. The maximum Gasteiger partial charge on any atom is 0.0804 e. The normalized spacial score (nSPS) is 11.4. The van der Waals surface area contributed by atoms with Crippen LogP contribution in [0.25, 0.3) is 43.1 Å². The van der Waals surface area contributed by atoms with E-state index in [2.05, 4.69) is 133 Å². The van der Waals surface area contributed by atoms with E-state index in [1.54, 1.807) is 22.7 Å². The van der Waals surface area contributed by atoms with Gasteiger partial charge in [-0.1, -0.05) is 202 Å². The first-order valence-corrected chi connectivity index (χ1v) is 25.5. The van der Waals surface area contributed by atoms with Gasteiger partial charge in [-0.25, -0.2) is 0 Å². The summed E-state index contributed by atoms with van der Waals surface area (Å²) in [6, 6.07) is 31.6. The molecule has 0 saturated carbocycles. The van der Waals surface area contributed by atoms with Gasteiger partial charge in [0.1, 0.15) is 0 Å². The fraction of sp³-hybridized carbons (Fsp3) is 0.414. The molecule has 2 aromatic heterocycles. The summed E-state index contributed by atoms with van der Waals surface area (Å²) in [5, 5.41) is 14.2. The highest BCUT2D eigenvalue weighted by Gasteiger charge is 2.15. The minimum atomic E-state index is 1.11. The quantitative estimate of drug-likeness (QED) is 0.0363. The van der Waals surface area contributed by atoms with Crippen LogP contribution in [0, 0.1) is 23.7 Å². The first kappa shape index (κ1) is 43.7. The lowest BCUT2D eigenvalue weighted by Crippen LogP contribution is -1.93. The summed E-state index contributed by atoms with van der Waals surface area (Å²) in [6.45, 7) is 4.59. The van der Waals surface area contributed by atoms with Gasteiger partial charge in [-0.05, 0) is 127 Å². The molecule has 0 radical (unpaired) electrons. The average molecular weight is 827 g/mol. The molecule has 60 heavy (non-hydrogen) atoms. The van der Waals surface area contributed by atoms with Crippen LogP contribution in [-0.4, -0.2) is 0 Å². The predicted octanol–water partition coefficient (Wildman–Crippen LogP) is 18.1. The molecule has 7 rings (SSSR count). The second-order valence-corrected chi connectivity index (χ2v) is 19.0. The van der Waals surface area contributed by atoms with Gasteiger partial charge in [0.25, 0.3) is 0 Å². The van der Waals surface area contributed by atoms with E-state index in [4.69, 9.17) is 0 Å². The molecular formula is C58H66S2. The first-order chi connectivity index (χ1) is 29.7. The molecular weight excluding hydrogens is 761 g/mol. The summed E-state index contributed by atoms with van der Waals surface area (Å²) in [5.74, 6) is 15.1. The van der Waals surface area contributed by atoms with Crippen molar-refractivity contribution in [1.29, 1.82) is 0 Å². The topological polar surface area (TPSA) is 0 Å². The van der Waals surface area contributed by atoms with Gasteiger partial charge in [-0.15, -0.1) is 22.7 Å². The van der Waals surface area contributed by atoms with Crippen molar-refractivity contribution >= 4 is 65.8 Å². The van der Waals surface area contributed by atoms with Gasteiger partial charge in [-0.3, -0.25) is 0 Å². The zero-order chi connectivity index (χ0) is 41.2. The molecule has 5 aromatic carbocycles. The maximum absolute atomic E-state index is 3.81. The SMILES string of the molecule is CCCCCCCCCCCCc1ccsc1C#Cc1c2cc3ccccc3cc2c(C#Cc2sccc2CCCCCCCCCCCC)c2cc3ccccc3cc12. The van der Waals surface area contributed by atoms with Crippen LogP contribution in [0.5, 0.6) is 0 Å². The van der Waals surface area contributed by atoms with Gasteiger partial charge in [0.15, 0.2) is 0 Å². The van der Waals surface area contributed by atoms with Crippen LogP contribution in [0.2, 0.25) is 0 Å². The van der Waals surface area contributed by atoms with Crippen LogP contribution < -0.4 is 0 Å². The fourth-order valence-electron chi connectivity index (χ4n) is 9.00. The molecule has 2 heterocycles. The van der Waals surface area contributed by atoms with Gasteiger partial charge >= 0.3 is 0 Å². The molecule has 310 valence electrons. The second-order valence-electron chi connectivity index (χ2n) is 17.2. The Morgan fingerprint density at radius 3 is 0.967 bits per heavy atom. The summed E-state index contributed by atoms with van der Waals surface area (Å²) in [7, 11) is 0. The lowest BCUT2D eigenvalue weighted by molar-refractivity contribution is 0.556. The van der Waals surface area contributed by atoms with Crippen molar-refractivity contribution in [3.63, 3.8) is 0 Å². The average Bonchev–Trinajstić information content (AvgIpc) is 3.93. The molecule has 0 aliphatic rings. The highest BCUT2D eigenvalue weighted by Crippen LogP contribution is 2.37. The Kier molecular flexibility index (Phi) is 17.2. The van der Waals surface area contributed by atoms with Crippen LogP contribution in [0.15, 0.2) is 95.7 Å². The lowest BCUT2D eigenvalue weighted by atomic mass is 9.88. The zero-order valence-corrected chi connectivity index (χ0v) is 38.2. The number of unbranched alkanes of at least 4 members (excludes halogenated alkanes) is 18. The Hall–Kier alpha value is -4.34. The Bertz CT molecular complexity index is 2280. The highest BCUT2D eigenvalue weighted by atomic mass is 32.1. The summed E-state index contributed by atoms with van der Waals surface area (Å²) in [5.41, 5.74) is 5.03. The Morgan fingerprint density at radius 1 is 0.350 bits per heavy atom. The van der Waals surface area contributed by atoms with Gasteiger partial charge in [0.2, 0.25) is 0 Å². The van der Waals surface area contributed by atoms with Crippen LogP contribution in [0.3, 0.4) is 0 Å². The summed E-state index contributed by atoms with van der Waals surface area (Å²) >= 11 is 3.59. The molecule has 0 bridgehead atoms. The van der Waals surface area contributed by atoms with Crippen molar-refractivity contribution in [2.45, 2.75) is 155 Å². The molecule has 0 fully saturated rings. The third-order valence-electron chi connectivity index (χ3n) is 12.5. The number of fused-ring (bicyclic) bond motifs is 4. The first-order valence-electron chi connectivity index (χ1n) is 23.7. The van der Waals surface area contributed by atoms with Crippen LogP contribution in [-0.2, 0) is 12.8 Å². The Balaban J connectivity index is 1.16. The number of hydrogen-bond acceptors (Lipinski definition) is 2. The molecule has 2 heteroatoms. The molecule has 7 aromatic rings. The maximum atomic E-state index is 3.81. The number of hydrogen-bond donors (Lipinski definition) is 0. The smallest absolute Gasteiger partial charge is 0.0804 e. The summed E-state index contributed by atoms with van der Waals surface area (Å²) in [6.07, 6.45) is 29.4. The molecule has 0 aliphatic heterocycles. The number of thiophene rings is 2. The summed E-state index contributed by atoms with van der Waals surface area (Å²) < 4.78 is 0. The van der Waals surface area contributed by atoms with E-state index in [1.165, 1.54) is 192 Å². The van der Waals surface area contributed by atoms with Crippen LogP contribution in [0.1, 0.15) is 174 Å². The zero-order valence-electron chi connectivity index (χ0n) is 36.6. The molecule has 0 spiro atoms. The van der Waals surface area contributed by atoms with Crippen LogP contribution in [0.4, 0.5) is 0 Å². The number of benzene rings is 5. The molecule has 0 nitrogen and oxygen atoms in total. The van der Waals surface area contributed by atoms with E-state index in [-0.39, 0.29) is 0 Å². The third-order valence-corrected chi connectivity index (χ3v) is 14.3. The van der Waals surface area contributed by atoms with Crippen molar-refractivity contribution in [2.75, 3.05) is 0 Å².